The van der Waals surface area contributed by atoms with E-state index in [2.05, 4.69) is 18.2 Å². The van der Waals surface area contributed by atoms with Crippen LogP contribution < -0.4 is 0 Å². The van der Waals surface area contributed by atoms with Crippen LogP contribution in [0, 0.1) is 0 Å². The van der Waals surface area contributed by atoms with Crippen LogP contribution in [0.3, 0.4) is 0 Å². The minimum Gasteiger partial charge on any atom is -0.392 e. The molecule has 0 radical (unpaired) electrons. The number of benzene rings is 2. The third-order valence-corrected chi connectivity index (χ3v) is 4.08. The summed E-state index contributed by atoms with van der Waals surface area (Å²) in [5.74, 6) is 0. The smallest absolute Gasteiger partial charge is 0.0687 e. The predicted molar refractivity (Wildman–Crippen MR) is 79.1 cm³/mol. The molecule has 19 heavy (non-hydrogen) atoms. The van der Waals surface area contributed by atoms with E-state index in [0.717, 1.165) is 34.7 Å². The molecule has 2 aromatic rings. The Hall–Kier alpha value is -1.38. The van der Waals surface area contributed by atoms with Gasteiger partial charge in [0, 0.05) is 6.42 Å². The monoisotopic (exact) mass is 258 g/mol. The zero-order valence-corrected chi connectivity index (χ0v) is 11.7. The number of hydrogen-bond acceptors (Lipinski definition) is 2. The molecule has 0 amide bonds. The van der Waals surface area contributed by atoms with E-state index >= 15 is 0 Å². The standard InChI is InChI=1S/C17H22O2/c1-3-17(19,4-2)11-14-9-5-7-13-8-6-10-15(12-18)16(13)14/h5-10,18-19H,3-4,11-12H2,1-2H3. The quantitative estimate of drug-likeness (QED) is 0.862. The van der Waals surface area contributed by atoms with Crippen LogP contribution in [0.25, 0.3) is 10.8 Å². The van der Waals surface area contributed by atoms with Crippen LogP contribution in [0.5, 0.6) is 0 Å². The maximum absolute atomic E-state index is 10.5. The molecule has 2 nitrogen and oxygen atoms in total. The largest absolute Gasteiger partial charge is 0.392 e. The Bertz CT molecular complexity index is 551. The fraction of sp³-hybridized carbons (Fsp3) is 0.412. The lowest BCUT2D eigenvalue weighted by molar-refractivity contribution is 0.0329. The lowest BCUT2D eigenvalue weighted by atomic mass is 9.86. The van der Waals surface area contributed by atoms with E-state index in [9.17, 15) is 10.2 Å². The first-order valence-electron chi connectivity index (χ1n) is 6.96. The number of rotatable bonds is 5. The maximum Gasteiger partial charge on any atom is 0.0687 e. The van der Waals surface area contributed by atoms with Crippen LogP contribution in [-0.2, 0) is 13.0 Å². The Morgan fingerprint density at radius 1 is 0.947 bits per heavy atom. The van der Waals surface area contributed by atoms with Crippen molar-refractivity contribution >= 4 is 10.8 Å². The molecule has 0 aliphatic rings. The highest BCUT2D eigenvalue weighted by atomic mass is 16.3. The highest BCUT2D eigenvalue weighted by Crippen LogP contribution is 2.28. The summed E-state index contributed by atoms with van der Waals surface area (Å²) in [6.45, 7) is 4.06. The van der Waals surface area contributed by atoms with E-state index in [1.165, 1.54) is 0 Å². The summed E-state index contributed by atoms with van der Waals surface area (Å²) < 4.78 is 0. The molecule has 2 heteroatoms. The molecule has 0 heterocycles. The number of hydrogen-bond donors (Lipinski definition) is 2. The Morgan fingerprint density at radius 3 is 2.05 bits per heavy atom. The van der Waals surface area contributed by atoms with Crippen LogP contribution >= 0.6 is 0 Å². The first-order valence-corrected chi connectivity index (χ1v) is 6.96. The molecule has 0 spiro atoms. The molecule has 102 valence electrons. The van der Waals surface area contributed by atoms with Gasteiger partial charge in [-0.05, 0) is 34.7 Å². The zero-order valence-electron chi connectivity index (χ0n) is 11.7. The van der Waals surface area contributed by atoms with Gasteiger partial charge in [0.2, 0.25) is 0 Å². The van der Waals surface area contributed by atoms with Gasteiger partial charge in [-0.15, -0.1) is 0 Å². The summed E-state index contributed by atoms with van der Waals surface area (Å²) in [5, 5.41) is 22.3. The molecule has 0 saturated carbocycles. The maximum atomic E-state index is 10.5. The van der Waals surface area contributed by atoms with Crippen molar-refractivity contribution in [3.8, 4) is 0 Å². The number of fused-ring (bicyclic) bond motifs is 1. The third kappa shape index (κ3) is 2.80. The summed E-state index contributed by atoms with van der Waals surface area (Å²) in [6.07, 6.45) is 2.11. The van der Waals surface area contributed by atoms with E-state index in [4.69, 9.17) is 0 Å². The van der Waals surface area contributed by atoms with Crippen molar-refractivity contribution in [1.29, 1.82) is 0 Å². The second-order valence-electron chi connectivity index (χ2n) is 5.20. The summed E-state index contributed by atoms with van der Waals surface area (Å²) in [5.41, 5.74) is 1.40. The normalized spacial score (nSPS) is 12.0. The Balaban J connectivity index is 2.54. The lowest BCUT2D eigenvalue weighted by Gasteiger charge is -2.26. The third-order valence-electron chi connectivity index (χ3n) is 4.08. The molecule has 0 fully saturated rings. The van der Waals surface area contributed by atoms with Crippen molar-refractivity contribution in [3.63, 3.8) is 0 Å². The molecule has 0 atom stereocenters. The average molecular weight is 258 g/mol. The molecule has 0 aromatic heterocycles. The molecule has 0 bridgehead atoms. The molecule has 0 unspecified atom stereocenters. The Morgan fingerprint density at radius 2 is 1.53 bits per heavy atom. The van der Waals surface area contributed by atoms with E-state index < -0.39 is 5.60 Å². The molecule has 2 N–H and O–H groups in total. The van der Waals surface area contributed by atoms with Crippen molar-refractivity contribution in [2.24, 2.45) is 0 Å². The van der Waals surface area contributed by atoms with Gasteiger partial charge in [0.25, 0.3) is 0 Å². The summed E-state index contributed by atoms with van der Waals surface area (Å²) in [4.78, 5) is 0. The highest BCUT2D eigenvalue weighted by molar-refractivity contribution is 5.88. The SMILES string of the molecule is CCC(O)(CC)Cc1cccc2cccc(CO)c12. The van der Waals surface area contributed by atoms with Gasteiger partial charge in [0.1, 0.15) is 0 Å². The van der Waals surface area contributed by atoms with Gasteiger partial charge in [0.05, 0.1) is 12.2 Å². The highest BCUT2D eigenvalue weighted by Gasteiger charge is 2.23. The summed E-state index contributed by atoms with van der Waals surface area (Å²) in [6, 6.07) is 12.1. The van der Waals surface area contributed by atoms with E-state index in [1.54, 1.807) is 0 Å². The minimum atomic E-state index is -0.656. The van der Waals surface area contributed by atoms with E-state index in [-0.39, 0.29) is 6.61 Å². The molecular formula is C17H22O2. The van der Waals surface area contributed by atoms with Crippen molar-refractivity contribution in [2.45, 2.75) is 45.3 Å². The van der Waals surface area contributed by atoms with Crippen molar-refractivity contribution in [3.05, 3.63) is 47.5 Å². The van der Waals surface area contributed by atoms with Crippen molar-refractivity contribution in [1.82, 2.24) is 0 Å². The summed E-state index contributed by atoms with van der Waals surface area (Å²) >= 11 is 0. The Kier molecular flexibility index (Phi) is 4.23. The van der Waals surface area contributed by atoms with E-state index in [1.807, 2.05) is 32.0 Å². The van der Waals surface area contributed by atoms with E-state index in [0.29, 0.717) is 6.42 Å². The minimum absolute atomic E-state index is 0.0328. The average Bonchev–Trinajstić information content (AvgIpc) is 2.46. The van der Waals surface area contributed by atoms with Gasteiger partial charge >= 0.3 is 0 Å². The molecule has 0 aliphatic carbocycles. The van der Waals surface area contributed by atoms with Crippen LogP contribution in [-0.4, -0.2) is 15.8 Å². The first-order chi connectivity index (χ1) is 9.13. The molecule has 2 rings (SSSR count). The number of aliphatic hydroxyl groups excluding tert-OH is 1. The van der Waals surface area contributed by atoms with Gasteiger partial charge in [-0.3, -0.25) is 0 Å². The fourth-order valence-electron chi connectivity index (χ4n) is 2.64. The van der Waals surface area contributed by atoms with Crippen LogP contribution in [0.4, 0.5) is 0 Å². The zero-order chi connectivity index (χ0) is 13.9. The van der Waals surface area contributed by atoms with Gasteiger partial charge in [0.15, 0.2) is 0 Å². The Labute approximate surface area is 114 Å². The van der Waals surface area contributed by atoms with Crippen molar-refractivity contribution < 1.29 is 10.2 Å². The van der Waals surface area contributed by atoms with Gasteiger partial charge in [-0.1, -0.05) is 50.2 Å². The molecule has 2 aromatic carbocycles. The predicted octanol–water partition coefficient (Wildman–Crippen LogP) is 3.43. The summed E-state index contributed by atoms with van der Waals surface area (Å²) in [7, 11) is 0. The fourth-order valence-corrected chi connectivity index (χ4v) is 2.64. The first kappa shape index (κ1) is 14.0. The molecule has 0 aliphatic heterocycles. The van der Waals surface area contributed by atoms with Crippen molar-refractivity contribution in [2.75, 3.05) is 0 Å². The van der Waals surface area contributed by atoms with Crippen LogP contribution in [0.1, 0.15) is 37.8 Å². The molecule has 0 saturated heterocycles. The van der Waals surface area contributed by atoms with Gasteiger partial charge < -0.3 is 10.2 Å². The van der Waals surface area contributed by atoms with Crippen LogP contribution in [0.15, 0.2) is 36.4 Å². The topological polar surface area (TPSA) is 40.5 Å². The second-order valence-corrected chi connectivity index (χ2v) is 5.20. The lowest BCUT2D eigenvalue weighted by Crippen LogP contribution is -2.29. The second kappa shape index (κ2) is 5.72. The molecular weight excluding hydrogens is 236 g/mol. The van der Waals surface area contributed by atoms with Crippen LogP contribution in [0.2, 0.25) is 0 Å². The number of aliphatic hydroxyl groups is 2. The van der Waals surface area contributed by atoms with Gasteiger partial charge in [-0.2, -0.15) is 0 Å². The van der Waals surface area contributed by atoms with Gasteiger partial charge in [-0.25, -0.2) is 0 Å².